The molecule has 26 heavy (non-hydrogen) atoms. The van der Waals surface area contributed by atoms with Crippen LogP contribution in [0.1, 0.15) is 24.3 Å². The van der Waals surface area contributed by atoms with Crippen LogP contribution in [-0.4, -0.2) is 57.7 Å². The van der Waals surface area contributed by atoms with Gasteiger partial charge in [0.25, 0.3) is 0 Å². The van der Waals surface area contributed by atoms with Crippen molar-refractivity contribution in [2.45, 2.75) is 43.1 Å². The SMILES string of the molecule is O=C[C@@H](Nc1ccc2cc(C3CC3)c(=O)oc2c1)[C@H](O)[C@@H](O)[C@@H](O)CO. The number of aliphatic hydroxyl groups is 4. The van der Waals surface area contributed by atoms with Gasteiger partial charge in [0.05, 0.1) is 6.61 Å². The van der Waals surface area contributed by atoms with E-state index in [2.05, 4.69) is 5.32 Å². The fourth-order valence-electron chi connectivity index (χ4n) is 2.84. The molecule has 1 aliphatic carbocycles. The van der Waals surface area contributed by atoms with Gasteiger partial charge in [0.1, 0.15) is 36.2 Å². The summed E-state index contributed by atoms with van der Waals surface area (Å²) in [4.78, 5) is 23.3. The number of hydrogen-bond acceptors (Lipinski definition) is 8. The van der Waals surface area contributed by atoms with Gasteiger partial charge in [-0.2, -0.15) is 0 Å². The standard InChI is InChI=1S/C18H21NO7/c20-7-13(16(23)17(24)14(22)8-21)19-11-4-3-10-5-12(9-1-2-9)18(25)26-15(10)6-11/h3-7,9,13-14,16-17,19,21-24H,1-2,8H2/t13-,14+,16+,17+/m1/s1. The molecule has 0 aliphatic heterocycles. The third-order valence-corrected chi connectivity index (χ3v) is 4.56. The van der Waals surface area contributed by atoms with Crippen LogP contribution < -0.4 is 10.9 Å². The molecule has 0 radical (unpaired) electrons. The van der Waals surface area contributed by atoms with Crippen molar-refractivity contribution < 1.29 is 29.6 Å². The maximum Gasteiger partial charge on any atom is 0.339 e. The molecule has 1 saturated carbocycles. The van der Waals surface area contributed by atoms with Crippen molar-refractivity contribution in [3.8, 4) is 0 Å². The molecule has 140 valence electrons. The zero-order valence-electron chi connectivity index (χ0n) is 13.9. The van der Waals surface area contributed by atoms with Crippen LogP contribution in [0, 0.1) is 0 Å². The van der Waals surface area contributed by atoms with Crippen molar-refractivity contribution in [2.75, 3.05) is 11.9 Å². The molecule has 0 unspecified atom stereocenters. The molecule has 0 bridgehead atoms. The van der Waals surface area contributed by atoms with Crippen molar-refractivity contribution in [1.29, 1.82) is 0 Å². The van der Waals surface area contributed by atoms with E-state index < -0.39 is 31.0 Å². The van der Waals surface area contributed by atoms with E-state index >= 15 is 0 Å². The van der Waals surface area contributed by atoms with Crippen LogP contribution >= 0.6 is 0 Å². The number of carbonyl (C=O) groups is 1. The fraction of sp³-hybridized carbons (Fsp3) is 0.444. The highest BCUT2D eigenvalue weighted by atomic mass is 16.4. The molecular weight excluding hydrogens is 342 g/mol. The van der Waals surface area contributed by atoms with Gasteiger partial charge in [0.15, 0.2) is 0 Å². The minimum Gasteiger partial charge on any atom is -0.422 e. The van der Waals surface area contributed by atoms with E-state index in [-0.39, 0.29) is 11.5 Å². The molecule has 0 amide bonds. The number of aldehydes is 1. The molecule has 3 rings (SSSR count). The van der Waals surface area contributed by atoms with Crippen molar-refractivity contribution in [1.82, 2.24) is 0 Å². The lowest BCUT2D eigenvalue weighted by molar-refractivity contribution is -0.117. The molecule has 0 saturated heterocycles. The number of rotatable bonds is 8. The van der Waals surface area contributed by atoms with Gasteiger partial charge in [-0.3, -0.25) is 0 Å². The van der Waals surface area contributed by atoms with Gasteiger partial charge in [-0.15, -0.1) is 0 Å². The molecule has 1 aromatic heterocycles. The summed E-state index contributed by atoms with van der Waals surface area (Å²) in [5.41, 5.74) is 1.01. The molecule has 1 aliphatic rings. The monoisotopic (exact) mass is 363 g/mol. The van der Waals surface area contributed by atoms with Crippen molar-refractivity contribution in [3.05, 3.63) is 40.2 Å². The Hall–Kier alpha value is -2.26. The van der Waals surface area contributed by atoms with Crippen LogP contribution in [0.3, 0.4) is 0 Å². The van der Waals surface area contributed by atoms with Crippen LogP contribution in [0.5, 0.6) is 0 Å². The van der Waals surface area contributed by atoms with Crippen molar-refractivity contribution in [3.63, 3.8) is 0 Å². The van der Waals surface area contributed by atoms with Gasteiger partial charge in [-0.1, -0.05) is 0 Å². The summed E-state index contributed by atoms with van der Waals surface area (Å²) in [5.74, 6) is 0.266. The summed E-state index contributed by atoms with van der Waals surface area (Å²) in [7, 11) is 0. The van der Waals surface area contributed by atoms with Crippen LogP contribution in [0.2, 0.25) is 0 Å². The maximum absolute atomic E-state index is 12.0. The number of nitrogens with one attached hydrogen (secondary N) is 1. The Kier molecular flexibility index (Phi) is 5.38. The van der Waals surface area contributed by atoms with Crippen molar-refractivity contribution in [2.24, 2.45) is 0 Å². The lowest BCUT2D eigenvalue weighted by Gasteiger charge is -2.26. The van der Waals surface area contributed by atoms with E-state index in [4.69, 9.17) is 9.52 Å². The first-order valence-corrected chi connectivity index (χ1v) is 8.39. The molecule has 8 nitrogen and oxygen atoms in total. The van der Waals surface area contributed by atoms with Crippen molar-refractivity contribution >= 4 is 22.9 Å². The average Bonchev–Trinajstić information content (AvgIpc) is 3.48. The largest absolute Gasteiger partial charge is 0.422 e. The summed E-state index contributed by atoms with van der Waals surface area (Å²) < 4.78 is 5.34. The smallest absolute Gasteiger partial charge is 0.339 e. The molecule has 8 heteroatoms. The van der Waals surface area contributed by atoms with E-state index in [0.717, 1.165) is 18.2 Å². The normalized spacial score (nSPS) is 18.9. The Morgan fingerprint density at radius 2 is 1.92 bits per heavy atom. The third kappa shape index (κ3) is 3.78. The van der Waals surface area contributed by atoms with Gasteiger partial charge in [-0.25, -0.2) is 4.79 Å². The van der Waals surface area contributed by atoms with E-state index in [1.165, 1.54) is 6.07 Å². The summed E-state index contributed by atoms with van der Waals surface area (Å²) in [6, 6.07) is 5.46. The number of carbonyl (C=O) groups excluding carboxylic acids is 1. The number of fused-ring (bicyclic) bond motifs is 1. The minimum absolute atomic E-state index is 0.266. The highest BCUT2D eigenvalue weighted by Gasteiger charge is 2.31. The van der Waals surface area contributed by atoms with E-state index in [9.17, 15) is 24.9 Å². The molecular formula is C18H21NO7. The van der Waals surface area contributed by atoms with Gasteiger partial charge in [-0.05, 0) is 37.0 Å². The lowest BCUT2D eigenvalue weighted by Crippen LogP contribution is -2.49. The predicted octanol–water partition coefficient (Wildman–Crippen LogP) is -0.275. The second-order valence-electron chi connectivity index (χ2n) is 6.55. The molecule has 1 aromatic carbocycles. The molecule has 1 fully saturated rings. The van der Waals surface area contributed by atoms with E-state index in [0.29, 0.717) is 23.1 Å². The summed E-state index contributed by atoms with van der Waals surface area (Å²) in [6.45, 7) is -0.756. The number of benzene rings is 1. The second-order valence-corrected chi connectivity index (χ2v) is 6.55. The highest BCUT2D eigenvalue weighted by Crippen LogP contribution is 2.39. The van der Waals surface area contributed by atoms with Gasteiger partial charge < -0.3 is 35.0 Å². The van der Waals surface area contributed by atoms with Crippen LogP contribution in [0.15, 0.2) is 33.5 Å². The predicted molar refractivity (Wildman–Crippen MR) is 93.0 cm³/mol. The number of anilines is 1. The first-order valence-electron chi connectivity index (χ1n) is 8.39. The number of aliphatic hydroxyl groups excluding tert-OH is 4. The van der Waals surface area contributed by atoms with Crippen LogP contribution in [0.25, 0.3) is 11.0 Å². The molecule has 4 atom stereocenters. The highest BCUT2D eigenvalue weighted by molar-refractivity contribution is 5.81. The molecule has 2 aromatic rings. The summed E-state index contributed by atoms with van der Waals surface area (Å²) in [5, 5.41) is 41.5. The third-order valence-electron chi connectivity index (χ3n) is 4.56. The topological polar surface area (TPSA) is 140 Å². The van der Waals surface area contributed by atoms with E-state index in [1.54, 1.807) is 18.2 Å². The quantitative estimate of drug-likeness (QED) is 0.319. The van der Waals surface area contributed by atoms with Gasteiger partial charge >= 0.3 is 5.63 Å². The zero-order valence-corrected chi connectivity index (χ0v) is 13.9. The van der Waals surface area contributed by atoms with Gasteiger partial charge in [0, 0.05) is 22.7 Å². The van der Waals surface area contributed by atoms with Crippen LogP contribution in [0.4, 0.5) is 5.69 Å². The average molecular weight is 363 g/mol. The second kappa shape index (κ2) is 7.55. The molecule has 1 heterocycles. The fourth-order valence-corrected chi connectivity index (χ4v) is 2.84. The summed E-state index contributed by atoms with van der Waals surface area (Å²) >= 11 is 0. The molecule has 0 spiro atoms. The Bertz CT molecular complexity index is 845. The van der Waals surface area contributed by atoms with E-state index in [1.807, 2.05) is 0 Å². The first kappa shape index (κ1) is 18.5. The first-order chi connectivity index (χ1) is 12.4. The Morgan fingerprint density at radius 1 is 1.19 bits per heavy atom. The Labute approximate surface area is 148 Å². The maximum atomic E-state index is 12.0. The summed E-state index contributed by atoms with van der Waals surface area (Å²) in [6.07, 6.45) is -2.58. The minimum atomic E-state index is -1.71. The Balaban J connectivity index is 1.82. The zero-order chi connectivity index (χ0) is 18.8. The molecule has 5 N–H and O–H groups in total. The number of hydrogen-bond donors (Lipinski definition) is 5. The van der Waals surface area contributed by atoms with Gasteiger partial charge in [0.2, 0.25) is 0 Å². The Morgan fingerprint density at radius 3 is 2.54 bits per heavy atom. The van der Waals surface area contributed by atoms with Crippen LogP contribution in [-0.2, 0) is 4.79 Å². The lowest BCUT2D eigenvalue weighted by atomic mass is 10.0.